The lowest BCUT2D eigenvalue weighted by molar-refractivity contribution is 0.0856. The number of aromatic nitrogens is 2. The summed E-state index contributed by atoms with van der Waals surface area (Å²) < 4.78 is 11.1. The van der Waals surface area contributed by atoms with Gasteiger partial charge in [0.05, 0.1) is 6.10 Å². The summed E-state index contributed by atoms with van der Waals surface area (Å²) in [6, 6.07) is 7.83. The molecule has 150 valence electrons. The first-order valence-corrected chi connectivity index (χ1v) is 9.54. The molecule has 1 aromatic heterocycles. The summed E-state index contributed by atoms with van der Waals surface area (Å²) in [5, 5.41) is 2.72. The number of nitrogens with zero attached hydrogens (tertiary/aromatic N) is 1. The average Bonchev–Trinajstić information content (AvgIpc) is 3.18. The van der Waals surface area contributed by atoms with Gasteiger partial charge < -0.3 is 19.8 Å². The van der Waals surface area contributed by atoms with Crippen molar-refractivity contribution in [3.8, 4) is 5.75 Å². The summed E-state index contributed by atoms with van der Waals surface area (Å²) >= 11 is 0. The van der Waals surface area contributed by atoms with Gasteiger partial charge in [0.15, 0.2) is 0 Å². The van der Waals surface area contributed by atoms with Gasteiger partial charge in [-0.05, 0) is 36.0 Å². The molecule has 2 heterocycles. The molecular formula is C21H27N3O4. The van der Waals surface area contributed by atoms with Crippen LogP contribution in [0.1, 0.15) is 55.4 Å². The van der Waals surface area contributed by atoms with E-state index in [4.69, 9.17) is 9.47 Å². The molecule has 1 aromatic carbocycles. The highest BCUT2D eigenvalue weighted by molar-refractivity contribution is 5.93. The molecule has 1 aliphatic heterocycles. The molecule has 2 N–H and O–H groups in total. The smallest absolute Gasteiger partial charge is 0.263 e. The molecule has 1 aliphatic rings. The number of hydrogen-bond donors (Lipinski definition) is 2. The Balaban J connectivity index is 1.56. The van der Waals surface area contributed by atoms with E-state index in [1.54, 1.807) is 0 Å². The van der Waals surface area contributed by atoms with E-state index < -0.39 is 11.5 Å². The van der Waals surface area contributed by atoms with Crippen molar-refractivity contribution in [1.29, 1.82) is 0 Å². The van der Waals surface area contributed by atoms with E-state index in [-0.39, 0.29) is 23.7 Å². The Bertz CT molecular complexity index is 862. The number of carbonyl (C=O) groups is 1. The normalized spacial score (nSPS) is 16.8. The van der Waals surface area contributed by atoms with Crippen LogP contribution >= 0.6 is 0 Å². The first-order valence-electron chi connectivity index (χ1n) is 9.54. The lowest BCUT2D eigenvalue weighted by Crippen LogP contribution is -2.35. The third kappa shape index (κ3) is 5.19. The zero-order valence-electron chi connectivity index (χ0n) is 16.6. The first-order chi connectivity index (χ1) is 13.3. The summed E-state index contributed by atoms with van der Waals surface area (Å²) in [5.41, 5.74) is 0.786. The van der Waals surface area contributed by atoms with E-state index in [0.29, 0.717) is 18.1 Å². The van der Waals surface area contributed by atoms with Gasteiger partial charge in [-0.2, -0.15) is 0 Å². The van der Waals surface area contributed by atoms with Crippen molar-refractivity contribution >= 4 is 5.91 Å². The first kappa shape index (κ1) is 20.1. The number of ether oxygens (including phenoxy) is 2. The Kier molecular flexibility index (Phi) is 6.14. The number of aromatic amines is 1. The van der Waals surface area contributed by atoms with Crippen LogP contribution in [-0.4, -0.2) is 35.1 Å². The Hall–Kier alpha value is -2.67. The second-order valence-electron chi connectivity index (χ2n) is 7.98. The van der Waals surface area contributed by atoms with E-state index in [0.717, 1.165) is 19.4 Å². The fourth-order valence-corrected chi connectivity index (χ4v) is 2.98. The second-order valence-corrected chi connectivity index (χ2v) is 7.98. The van der Waals surface area contributed by atoms with Gasteiger partial charge in [-0.25, -0.2) is 4.98 Å². The highest BCUT2D eigenvalue weighted by Gasteiger charge is 2.18. The largest absolute Gasteiger partial charge is 0.486 e. The van der Waals surface area contributed by atoms with Crippen LogP contribution in [-0.2, 0) is 16.8 Å². The lowest BCUT2D eigenvalue weighted by atomic mass is 9.87. The molecule has 28 heavy (non-hydrogen) atoms. The Morgan fingerprint density at radius 2 is 2.07 bits per heavy atom. The summed E-state index contributed by atoms with van der Waals surface area (Å²) in [6.07, 6.45) is 3.22. The SMILES string of the molecule is CC(C)(C)c1ccc(OCc2ncc(C(=O)NC[C@@H]3CCCO3)c(=O)[nH]2)cc1. The zero-order chi connectivity index (χ0) is 20.1. The Morgan fingerprint density at radius 1 is 1.32 bits per heavy atom. The Labute approximate surface area is 164 Å². The van der Waals surface area contributed by atoms with Crippen molar-refractivity contribution in [2.45, 2.75) is 51.7 Å². The van der Waals surface area contributed by atoms with Gasteiger partial charge >= 0.3 is 0 Å². The summed E-state index contributed by atoms with van der Waals surface area (Å²) in [6.45, 7) is 7.67. The minimum atomic E-state index is -0.485. The predicted octanol–water partition coefficient (Wildman–Crippen LogP) is 2.56. The number of hydrogen-bond acceptors (Lipinski definition) is 5. The van der Waals surface area contributed by atoms with Gasteiger partial charge in [-0.1, -0.05) is 32.9 Å². The molecule has 3 rings (SSSR count). The van der Waals surface area contributed by atoms with Crippen LogP contribution in [0.25, 0.3) is 0 Å². The zero-order valence-corrected chi connectivity index (χ0v) is 16.6. The van der Waals surface area contributed by atoms with E-state index in [2.05, 4.69) is 36.1 Å². The molecule has 1 amide bonds. The van der Waals surface area contributed by atoms with Gasteiger partial charge in [-0.15, -0.1) is 0 Å². The average molecular weight is 385 g/mol. The second kappa shape index (κ2) is 8.56. The van der Waals surface area contributed by atoms with E-state index >= 15 is 0 Å². The van der Waals surface area contributed by atoms with Crippen LogP contribution in [0.3, 0.4) is 0 Å². The molecule has 0 saturated carbocycles. The summed E-state index contributed by atoms with van der Waals surface area (Å²) in [4.78, 5) is 31.1. The highest BCUT2D eigenvalue weighted by atomic mass is 16.5. The van der Waals surface area contributed by atoms with Crippen molar-refractivity contribution in [2.24, 2.45) is 0 Å². The van der Waals surface area contributed by atoms with Crippen molar-refractivity contribution in [3.63, 3.8) is 0 Å². The molecular weight excluding hydrogens is 358 g/mol. The maximum atomic E-state index is 12.2. The predicted molar refractivity (Wildman–Crippen MR) is 106 cm³/mol. The fraction of sp³-hybridized carbons (Fsp3) is 0.476. The molecule has 1 atom stereocenters. The maximum absolute atomic E-state index is 12.2. The van der Waals surface area contributed by atoms with E-state index in [9.17, 15) is 9.59 Å². The number of H-pyrrole nitrogens is 1. The van der Waals surface area contributed by atoms with Crippen molar-refractivity contribution in [2.75, 3.05) is 13.2 Å². The molecule has 0 radical (unpaired) electrons. The van der Waals surface area contributed by atoms with Gasteiger partial charge in [0.25, 0.3) is 11.5 Å². The molecule has 2 aromatic rings. The number of benzene rings is 1. The third-order valence-corrected chi connectivity index (χ3v) is 4.71. The molecule has 0 aliphatic carbocycles. The van der Waals surface area contributed by atoms with Crippen LogP contribution < -0.4 is 15.6 Å². The molecule has 0 spiro atoms. The minimum Gasteiger partial charge on any atom is -0.486 e. The van der Waals surface area contributed by atoms with Gasteiger partial charge in [0.1, 0.15) is 23.7 Å². The molecule has 0 bridgehead atoms. The quantitative estimate of drug-likeness (QED) is 0.797. The molecule has 1 saturated heterocycles. The maximum Gasteiger partial charge on any atom is 0.263 e. The van der Waals surface area contributed by atoms with Crippen molar-refractivity contribution < 1.29 is 14.3 Å². The molecule has 0 unspecified atom stereocenters. The topological polar surface area (TPSA) is 93.3 Å². The van der Waals surface area contributed by atoms with E-state index in [1.807, 2.05) is 24.3 Å². The van der Waals surface area contributed by atoms with Crippen molar-refractivity contribution in [3.05, 3.63) is 57.8 Å². The van der Waals surface area contributed by atoms with Gasteiger partial charge in [0, 0.05) is 19.3 Å². The highest BCUT2D eigenvalue weighted by Crippen LogP contribution is 2.24. The van der Waals surface area contributed by atoms with Crippen LogP contribution in [0.5, 0.6) is 5.75 Å². The number of carbonyl (C=O) groups excluding carboxylic acids is 1. The number of rotatable bonds is 6. The lowest BCUT2D eigenvalue weighted by Gasteiger charge is -2.19. The molecule has 1 fully saturated rings. The summed E-state index contributed by atoms with van der Waals surface area (Å²) in [7, 11) is 0. The number of amides is 1. The van der Waals surface area contributed by atoms with Gasteiger partial charge in [0.2, 0.25) is 0 Å². The monoisotopic (exact) mass is 385 g/mol. The molecule has 7 heteroatoms. The molecule has 7 nitrogen and oxygen atoms in total. The number of nitrogens with one attached hydrogen (secondary N) is 2. The summed E-state index contributed by atoms with van der Waals surface area (Å²) in [5.74, 6) is 0.601. The third-order valence-electron chi connectivity index (χ3n) is 4.71. The minimum absolute atomic E-state index is 0.0173. The van der Waals surface area contributed by atoms with Crippen LogP contribution in [0.15, 0.2) is 35.3 Å². The fourth-order valence-electron chi connectivity index (χ4n) is 2.98. The van der Waals surface area contributed by atoms with Crippen LogP contribution in [0, 0.1) is 0 Å². The Morgan fingerprint density at radius 3 is 2.68 bits per heavy atom. The van der Waals surface area contributed by atoms with Crippen LogP contribution in [0.2, 0.25) is 0 Å². The van der Waals surface area contributed by atoms with E-state index in [1.165, 1.54) is 11.8 Å². The standard InChI is InChI=1S/C21H27N3O4/c1-21(2,3)14-6-8-15(9-7-14)28-13-18-22-12-17(20(26)24-18)19(25)23-11-16-5-4-10-27-16/h6-9,12,16H,4-5,10-11,13H2,1-3H3,(H,23,25)(H,22,24,26)/t16-/m0/s1. The van der Waals surface area contributed by atoms with Crippen LogP contribution in [0.4, 0.5) is 0 Å². The van der Waals surface area contributed by atoms with Crippen molar-refractivity contribution in [1.82, 2.24) is 15.3 Å². The van der Waals surface area contributed by atoms with Gasteiger partial charge in [-0.3, -0.25) is 9.59 Å².